The number of hydrogen-bond donors (Lipinski definition) is 10. The summed E-state index contributed by atoms with van der Waals surface area (Å²) < 4.78 is 51.4. The van der Waals surface area contributed by atoms with Crippen LogP contribution in [0, 0.1) is 0 Å². The van der Waals surface area contributed by atoms with Gasteiger partial charge in [-0.15, -0.1) is 25.3 Å². The second-order valence-electron chi connectivity index (χ2n) is 10.0. The molecule has 1 fully saturated rings. The topological polar surface area (TPSA) is 347 Å². The average molecular weight is 739 g/mol. The van der Waals surface area contributed by atoms with Crippen molar-refractivity contribution in [2.24, 2.45) is 9.98 Å². The average Bonchev–Trinajstić information content (AvgIpc) is 3.52. The molecule has 9 atom stereocenters. The number of aliphatic hydroxyl groups is 2. The molecule has 6 heterocycles. The minimum atomic E-state index is -5.39. The molecule has 27 heteroatoms. The first-order valence-electron chi connectivity index (χ1n) is 13.0. The summed E-state index contributed by atoms with van der Waals surface area (Å²) in [6.45, 7) is -1.70. The molecule has 0 saturated carbocycles. The third-order valence-corrected chi connectivity index (χ3v) is 10.7. The SMILES string of the molecule is Nc1nc2c(c(=O)[nH]1)=N[C@H]1C(S)=C(S)[C@@H](COP(=O)(O)OP(=O)(O)OC[C@H]3O[C@@H](n4cnc5c(=O)[nH]c(N)nc54)[C@H](O)[C@@H]3O)O[C@H]1N=2. The highest BCUT2D eigenvalue weighted by Crippen LogP contribution is 2.60. The van der Waals surface area contributed by atoms with E-state index in [1.54, 1.807) is 0 Å². The van der Waals surface area contributed by atoms with Crippen LogP contribution in [0.4, 0.5) is 11.9 Å². The molecule has 3 aliphatic rings. The number of nitrogens with zero attached hydrogens (tertiary/aromatic N) is 6. The molecule has 0 bridgehead atoms. The zero-order valence-electron chi connectivity index (χ0n) is 23.1. The molecule has 47 heavy (non-hydrogen) atoms. The monoisotopic (exact) mass is 738 g/mol. The number of nitrogens with two attached hydrogens (primary N) is 2. The molecule has 1 saturated heterocycles. The van der Waals surface area contributed by atoms with Gasteiger partial charge in [0.15, 0.2) is 34.5 Å². The summed E-state index contributed by atoms with van der Waals surface area (Å²) >= 11 is 8.66. The lowest BCUT2D eigenvalue weighted by molar-refractivity contribution is -0.0508. The number of aromatic amines is 2. The Kier molecular flexibility index (Phi) is 8.97. The predicted molar refractivity (Wildman–Crippen MR) is 160 cm³/mol. The molecule has 6 rings (SSSR count). The van der Waals surface area contributed by atoms with Gasteiger partial charge in [0, 0.05) is 9.81 Å². The highest BCUT2D eigenvalue weighted by Gasteiger charge is 2.47. The Hall–Kier alpha value is -3.03. The van der Waals surface area contributed by atoms with Gasteiger partial charge in [0.2, 0.25) is 11.9 Å². The van der Waals surface area contributed by atoms with Crippen LogP contribution >= 0.6 is 40.9 Å². The molecular weight excluding hydrogens is 714 g/mol. The van der Waals surface area contributed by atoms with E-state index in [4.69, 9.17) is 30.0 Å². The first-order chi connectivity index (χ1) is 22.0. The van der Waals surface area contributed by atoms with E-state index in [-0.39, 0.29) is 43.7 Å². The van der Waals surface area contributed by atoms with Gasteiger partial charge in [-0.25, -0.2) is 19.1 Å². The van der Waals surface area contributed by atoms with E-state index in [1.165, 1.54) is 0 Å². The molecular formula is C20H24N10O13P2S2. The number of ether oxygens (including phenoxy) is 2. The number of phosphoric acid groups is 2. The minimum Gasteiger partial charge on any atom is -0.387 e. The smallest absolute Gasteiger partial charge is 0.387 e. The highest BCUT2D eigenvalue weighted by molar-refractivity contribution is 7.88. The molecule has 0 aromatic carbocycles. The van der Waals surface area contributed by atoms with E-state index in [2.05, 4.69) is 64.5 Å². The maximum atomic E-state index is 12.6. The van der Waals surface area contributed by atoms with Gasteiger partial charge in [0.25, 0.3) is 11.1 Å². The molecule has 2 unspecified atom stereocenters. The summed E-state index contributed by atoms with van der Waals surface area (Å²) in [5.41, 5.74) is 9.45. The van der Waals surface area contributed by atoms with Crippen molar-refractivity contribution in [3.05, 3.63) is 47.7 Å². The summed E-state index contributed by atoms with van der Waals surface area (Å²) in [6, 6.07) is -0.917. The van der Waals surface area contributed by atoms with Crippen LogP contribution in [-0.4, -0.2) is 99.4 Å². The Morgan fingerprint density at radius 2 is 1.60 bits per heavy atom. The largest absolute Gasteiger partial charge is 0.481 e. The molecule has 0 radical (unpaired) electrons. The predicted octanol–water partition coefficient (Wildman–Crippen LogP) is -3.65. The van der Waals surface area contributed by atoms with Crippen LogP contribution in [0.3, 0.4) is 0 Å². The first-order valence-corrected chi connectivity index (χ1v) is 16.9. The van der Waals surface area contributed by atoms with Crippen LogP contribution in [0.25, 0.3) is 11.2 Å². The highest BCUT2D eigenvalue weighted by atomic mass is 32.1. The van der Waals surface area contributed by atoms with Crippen molar-refractivity contribution in [3.63, 3.8) is 0 Å². The van der Waals surface area contributed by atoms with Crippen LogP contribution < -0.4 is 33.4 Å². The van der Waals surface area contributed by atoms with Crippen molar-refractivity contribution in [2.45, 2.75) is 42.9 Å². The summed E-state index contributed by atoms with van der Waals surface area (Å²) in [6.07, 6.45) is -7.51. The fourth-order valence-corrected chi connectivity index (χ4v) is 7.45. The molecule has 23 nitrogen and oxygen atoms in total. The van der Waals surface area contributed by atoms with Gasteiger partial charge >= 0.3 is 15.6 Å². The lowest BCUT2D eigenvalue weighted by atomic mass is 10.1. The van der Waals surface area contributed by atoms with Crippen LogP contribution in [-0.2, 0) is 32.0 Å². The number of imidazole rings is 1. The van der Waals surface area contributed by atoms with Gasteiger partial charge in [-0.05, 0) is 0 Å². The number of nitrogens with one attached hydrogen (secondary N) is 2. The maximum Gasteiger partial charge on any atom is 0.481 e. The van der Waals surface area contributed by atoms with Crippen LogP contribution in [0.1, 0.15) is 6.23 Å². The Morgan fingerprint density at radius 3 is 2.32 bits per heavy atom. The van der Waals surface area contributed by atoms with Crippen molar-refractivity contribution < 1.29 is 52.0 Å². The zero-order chi connectivity index (χ0) is 34.0. The lowest BCUT2D eigenvalue weighted by Gasteiger charge is -2.34. The van der Waals surface area contributed by atoms with Gasteiger partial charge in [0.1, 0.15) is 30.5 Å². The van der Waals surface area contributed by atoms with Gasteiger partial charge in [-0.1, -0.05) is 0 Å². The third-order valence-electron chi connectivity index (χ3n) is 6.89. The number of fused-ring (bicyclic) bond motifs is 3. The molecule has 0 aliphatic carbocycles. The van der Waals surface area contributed by atoms with Gasteiger partial charge in [-0.2, -0.15) is 14.3 Å². The number of phosphoric ester groups is 2. The Labute approximate surface area is 270 Å². The zero-order valence-corrected chi connectivity index (χ0v) is 26.7. The Bertz CT molecular complexity index is 2130. The van der Waals surface area contributed by atoms with Crippen molar-refractivity contribution in [2.75, 3.05) is 24.7 Å². The maximum absolute atomic E-state index is 12.6. The number of hydrogen-bond acceptors (Lipinski definition) is 20. The molecule has 0 spiro atoms. The molecule has 3 aromatic heterocycles. The Morgan fingerprint density at radius 1 is 0.936 bits per heavy atom. The van der Waals surface area contributed by atoms with Crippen LogP contribution in [0.15, 0.2) is 35.7 Å². The number of thiol groups is 2. The van der Waals surface area contributed by atoms with Gasteiger partial charge in [0.05, 0.1) is 19.5 Å². The fourth-order valence-electron chi connectivity index (χ4n) is 4.77. The van der Waals surface area contributed by atoms with E-state index in [0.717, 1.165) is 10.9 Å². The molecule has 3 aromatic rings. The van der Waals surface area contributed by atoms with Crippen molar-refractivity contribution in [1.29, 1.82) is 0 Å². The minimum absolute atomic E-state index is 0.0777. The fraction of sp³-hybridized carbons (Fsp3) is 0.450. The first kappa shape index (κ1) is 33.9. The molecule has 10 N–H and O–H groups in total. The summed E-state index contributed by atoms with van der Waals surface area (Å²) in [7, 11) is -10.7. The molecule has 0 amide bonds. The molecule has 254 valence electrons. The number of rotatable bonds is 9. The number of H-pyrrole nitrogens is 2. The number of aromatic nitrogens is 6. The van der Waals surface area contributed by atoms with Crippen LogP contribution in [0.5, 0.6) is 0 Å². The second kappa shape index (κ2) is 12.5. The normalized spacial score (nSPS) is 29.8. The molecule has 3 aliphatic heterocycles. The number of anilines is 2. The quantitative estimate of drug-likeness (QED) is 0.0747. The Balaban J connectivity index is 1.08. The van der Waals surface area contributed by atoms with Crippen molar-refractivity contribution in [3.8, 4) is 0 Å². The lowest BCUT2D eigenvalue weighted by Crippen LogP contribution is -2.52. The number of nitrogen functional groups attached to an aromatic ring is 2. The second-order valence-corrected chi connectivity index (χ2v) is 14.1. The summed E-state index contributed by atoms with van der Waals surface area (Å²) in [5, 5.41) is 20.9. The van der Waals surface area contributed by atoms with Crippen molar-refractivity contribution in [1.82, 2.24) is 29.5 Å². The van der Waals surface area contributed by atoms with E-state index < -0.39 is 82.9 Å². The van der Waals surface area contributed by atoms with E-state index in [9.17, 15) is 38.7 Å². The summed E-state index contributed by atoms with van der Waals surface area (Å²) in [5.74, 6) is -0.478. The summed E-state index contributed by atoms with van der Waals surface area (Å²) in [4.78, 5) is 69.5. The van der Waals surface area contributed by atoms with Gasteiger partial charge < -0.3 is 40.9 Å². The number of aliphatic hydroxyl groups excluding tert-OH is 2. The van der Waals surface area contributed by atoms with E-state index >= 15 is 0 Å². The van der Waals surface area contributed by atoms with E-state index in [1.807, 2.05) is 0 Å². The standard InChI is InChI=1S/C20H24N10O13P2S2/c21-19-26-13-7(15(33)28-19)24-6-12(47)11(46)5(41-17(6)25-13)2-40-45(37,38)43-44(35,36)39-1-4-9(31)10(32)18(42-4)30-3-23-8-14(30)27-20(22)29-16(8)34/h3-6,9-10,17-18,31-32,46-47H,1-2H2,(H,35,36)(H,37,38)(H3,22,27,29,34)(H3,21,25,26,28,33)/t4-,5-,6+,9-,10-,17-,18-/m1/s1. The van der Waals surface area contributed by atoms with E-state index in [0.29, 0.717) is 0 Å². The van der Waals surface area contributed by atoms with Crippen molar-refractivity contribution >= 4 is 64.0 Å². The van der Waals surface area contributed by atoms with Crippen LogP contribution in [0.2, 0.25) is 0 Å². The van der Waals surface area contributed by atoms with Gasteiger partial charge in [-0.3, -0.25) is 38.2 Å². The third kappa shape index (κ3) is 6.67.